The molecule has 0 saturated carbocycles. The molecule has 2 saturated heterocycles. The summed E-state index contributed by atoms with van der Waals surface area (Å²) in [6.07, 6.45) is -10.4. The van der Waals surface area contributed by atoms with Crippen molar-refractivity contribution in [3.8, 4) is 6.07 Å². The molecule has 3 heterocycles. The Labute approximate surface area is 386 Å². The third kappa shape index (κ3) is 15.0. The Morgan fingerprint density at radius 2 is 1.39 bits per heavy atom. The smallest absolute Gasteiger partial charge is 0.463 e. The van der Waals surface area contributed by atoms with Crippen molar-refractivity contribution in [3.63, 3.8) is 0 Å². The molecule has 5 rings (SSSR count). The minimum Gasteiger partial charge on any atom is -0.463 e. The van der Waals surface area contributed by atoms with Crippen LogP contribution < -0.4 is 11.0 Å². The van der Waals surface area contributed by atoms with Crippen LogP contribution in [0.15, 0.2) is 77.7 Å². The van der Waals surface area contributed by atoms with Gasteiger partial charge in [0.05, 0.1) is 49.7 Å². The van der Waals surface area contributed by atoms with Crippen molar-refractivity contribution < 1.29 is 84.5 Å². The van der Waals surface area contributed by atoms with Crippen molar-refractivity contribution in [2.75, 3.05) is 38.4 Å². The van der Waals surface area contributed by atoms with E-state index < -0.39 is 136 Å². The van der Waals surface area contributed by atoms with Crippen LogP contribution in [0.5, 0.6) is 0 Å². The summed E-state index contributed by atoms with van der Waals surface area (Å²) in [5, 5.41) is 9.07. The normalized spacial score (nSPS) is 24.2. The van der Waals surface area contributed by atoms with Crippen LogP contribution in [-0.4, -0.2) is 127 Å². The molecule has 2 fully saturated rings. The molecular weight excluding hydrogens is 931 g/mol. The second kappa shape index (κ2) is 24.6. The maximum Gasteiger partial charge on any atom is 0.474 e. The number of hydrogen-bond acceptors (Lipinski definition) is 21. The summed E-state index contributed by atoms with van der Waals surface area (Å²) < 4.78 is 86.6. The van der Waals surface area contributed by atoms with E-state index in [1.807, 2.05) is 6.07 Å². The van der Waals surface area contributed by atoms with E-state index in [4.69, 9.17) is 52.0 Å². The molecule has 1 amide bonds. The number of nitrogens with one attached hydrogen (secondary N) is 1. The summed E-state index contributed by atoms with van der Waals surface area (Å²) in [5.74, 6) is -4.95. The zero-order valence-electron chi connectivity index (χ0n) is 36.3. The molecule has 0 radical (unpaired) electrons. The number of alkyl halides is 1. The molecule has 0 bridgehead atoms. The van der Waals surface area contributed by atoms with Gasteiger partial charge >= 0.3 is 43.4 Å². The lowest BCUT2D eigenvalue weighted by Gasteiger charge is -2.44. The van der Waals surface area contributed by atoms with Gasteiger partial charge in [-0.2, -0.15) is 10.2 Å². The first kappa shape index (κ1) is 51.9. The zero-order valence-corrected chi connectivity index (χ0v) is 38.0. The lowest BCUT2D eigenvalue weighted by molar-refractivity contribution is -0.308. The Kier molecular flexibility index (Phi) is 19.1. The average molecular weight is 977 g/mol. The molecule has 10 atom stereocenters. The number of rotatable bonds is 21. The van der Waals surface area contributed by atoms with E-state index in [1.165, 1.54) is 24.4 Å². The van der Waals surface area contributed by atoms with E-state index in [2.05, 4.69) is 10.3 Å². The van der Waals surface area contributed by atoms with Crippen LogP contribution in [-0.2, 0) is 70.5 Å². The molecule has 4 unspecified atom stereocenters. The largest absolute Gasteiger partial charge is 0.474 e. The van der Waals surface area contributed by atoms with Gasteiger partial charge in [0.1, 0.15) is 23.9 Å². The third-order valence-corrected chi connectivity index (χ3v) is 12.3. The van der Waals surface area contributed by atoms with Crippen molar-refractivity contribution in [1.29, 1.82) is 5.26 Å². The Bertz CT molecular complexity index is 2370. The maximum absolute atomic E-state index is 16.6. The number of hydrogen-bond donors (Lipinski definition) is 1. The van der Waals surface area contributed by atoms with E-state index in [1.54, 1.807) is 48.5 Å². The van der Waals surface area contributed by atoms with E-state index in [9.17, 15) is 38.1 Å². The molecule has 0 aliphatic carbocycles. The Balaban J connectivity index is 1.33. The number of nitrogens with zero attached hydrogens (tertiary/aromatic N) is 3. The van der Waals surface area contributed by atoms with Crippen molar-refractivity contribution in [2.24, 2.45) is 0 Å². The summed E-state index contributed by atoms with van der Waals surface area (Å²) in [4.78, 5) is 91.3. The molecule has 360 valence electrons. The first-order chi connectivity index (χ1) is 32.0. The number of anilines is 1. The van der Waals surface area contributed by atoms with E-state index >= 15 is 4.39 Å². The molecule has 2 aliphatic heterocycles. The highest BCUT2D eigenvalue weighted by atomic mass is 32.2. The minimum absolute atomic E-state index is 0.0747. The van der Waals surface area contributed by atoms with Gasteiger partial charge < -0.3 is 38.5 Å². The molecule has 1 aromatic heterocycles. The summed E-state index contributed by atoms with van der Waals surface area (Å²) in [5.41, 5.74) is -0.598. The number of halogens is 1. The summed E-state index contributed by atoms with van der Waals surface area (Å²) in [6.45, 7) is 1.35. The highest BCUT2D eigenvalue weighted by Gasteiger charge is 2.53. The van der Waals surface area contributed by atoms with Crippen LogP contribution >= 0.6 is 19.6 Å². The Morgan fingerprint density at radius 1 is 0.776 bits per heavy atom. The molecule has 22 nitrogen and oxygen atoms in total. The standard InChI is InChI=1S/C42H46FN4O18PS/c1-24(48)57-22-30-34(61-25(2)49)36(62-26(3)50)37(63-27(4)51)41(64-30)56-20-21-59-66(55,58-19-11-17-44)60-23-31-35(65-40(53)29-14-9-6-10-15-29)33(43)39(67-31)47-18-16-32(46-42(47)54)45-38(52)28-12-7-5-8-13-28/h5-10,12-16,18,30-31,33-37,39,41H,11,19-23H2,1-4H3,(H,45,46,52,54)/t30?,31-,33+,34-,35-,36?,37?,39-,41-,66?/m1/s1. The maximum atomic E-state index is 16.6. The second-order valence-corrected chi connectivity index (χ2v) is 17.4. The highest BCUT2D eigenvalue weighted by Crippen LogP contribution is 2.52. The van der Waals surface area contributed by atoms with Gasteiger partial charge in [0.15, 0.2) is 36.9 Å². The third-order valence-electron chi connectivity index (χ3n) is 9.32. The first-order valence-electron chi connectivity index (χ1n) is 20.3. The average Bonchev–Trinajstić information content (AvgIpc) is 3.59. The second-order valence-electron chi connectivity index (χ2n) is 14.3. The summed E-state index contributed by atoms with van der Waals surface area (Å²) in [6, 6.07) is 18.9. The van der Waals surface area contributed by atoms with Gasteiger partial charge in [0.2, 0.25) is 0 Å². The molecular formula is C42H46FN4O18PS. The Hall–Kier alpha value is -6.06. The lowest BCUT2D eigenvalue weighted by atomic mass is 9.98. The predicted octanol–water partition coefficient (Wildman–Crippen LogP) is 3.84. The van der Waals surface area contributed by atoms with E-state index in [0.29, 0.717) is 5.56 Å². The lowest BCUT2D eigenvalue weighted by Crippen LogP contribution is -2.63. The van der Waals surface area contributed by atoms with Crippen molar-refractivity contribution >= 4 is 61.2 Å². The van der Waals surface area contributed by atoms with Gasteiger partial charge in [-0.25, -0.2) is 18.5 Å². The number of benzene rings is 2. The molecule has 1 N–H and O–H groups in total. The fourth-order valence-electron chi connectivity index (χ4n) is 6.53. The van der Waals surface area contributed by atoms with Crippen LogP contribution in [0.1, 0.15) is 60.2 Å². The molecule has 25 heteroatoms. The summed E-state index contributed by atoms with van der Waals surface area (Å²) >= 11 is 0.776. The molecule has 2 aromatic carbocycles. The van der Waals surface area contributed by atoms with Crippen LogP contribution in [0.4, 0.5) is 10.2 Å². The number of aromatic nitrogens is 2. The van der Waals surface area contributed by atoms with Crippen LogP contribution in [0.3, 0.4) is 0 Å². The molecule has 2 aliphatic rings. The van der Waals surface area contributed by atoms with Gasteiger partial charge in [-0.1, -0.05) is 36.4 Å². The number of thioether (sulfide) groups is 1. The highest BCUT2D eigenvalue weighted by molar-refractivity contribution is 8.00. The number of ether oxygens (including phenoxy) is 7. The number of carbonyl (C=O) groups is 6. The van der Waals surface area contributed by atoms with Gasteiger partial charge in [-0.15, -0.1) is 11.8 Å². The van der Waals surface area contributed by atoms with Gasteiger partial charge in [-0.3, -0.25) is 42.1 Å². The Morgan fingerprint density at radius 3 is 2.00 bits per heavy atom. The van der Waals surface area contributed by atoms with Crippen molar-refractivity contribution in [1.82, 2.24) is 9.55 Å². The zero-order chi connectivity index (χ0) is 48.7. The fraction of sp³-hybridized carbons (Fsp3) is 0.452. The topological polar surface area (TPSA) is 282 Å². The van der Waals surface area contributed by atoms with Gasteiger partial charge in [0.25, 0.3) is 5.91 Å². The van der Waals surface area contributed by atoms with Crippen molar-refractivity contribution in [2.45, 2.75) is 87.7 Å². The minimum atomic E-state index is -4.72. The number of amides is 1. The first-order valence-corrected chi connectivity index (χ1v) is 22.7. The van der Waals surface area contributed by atoms with Crippen molar-refractivity contribution in [3.05, 3.63) is 94.5 Å². The molecule has 3 aromatic rings. The number of esters is 5. The quantitative estimate of drug-likeness (QED) is 0.0686. The SMILES string of the molecule is CC(=O)OCC1O[C@@H](OCCOP(=O)(OCCC#N)OC[C@H]2S[C@@H](n3ccc(NC(=O)c4ccccc4)nc3=O)[C@@H](F)[C@@H]2OC(=O)c2ccccc2)C(OC(C)=O)C(OC(C)=O)[C@@H]1OC(C)=O. The van der Waals surface area contributed by atoms with Crippen LogP contribution in [0.25, 0.3) is 0 Å². The van der Waals surface area contributed by atoms with Crippen LogP contribution in [0, 0.1) is 11.3 Å². The van der Waals surface area contributed by atoms with Crippen LogP contribution in [0.2, 0.25) is 0 Å². The number of phosphoric ester groups is 1. The predicted molar refractivity (Wildman–Crippen MR) is 227 cm³/mol. The fourth-order valence-corrected chi connectivity index (χ4v) is 9.27. The number of carbonyl (C=O) groups excluding carboxylic acids is 6. The summed E-state index contributed by atoms with van der Waals surface area (Å²) in [7, 11) is -4.72. The van der Waals surface area contributed by atoms with Gasteiger partial charge in [0, 0.05) is 39.5 Å². The molecule has 0 spiro atoms. The van der Waals surface area contributed by atoms with E-state index in [-0.39, 0.29) is 17.8 Å². The number of phosphoric acid groups is 1. The monoisotopic (exact) mass is 976 g/mol. The van der Waals surface area contributed by atoms with Gasteiger partial charge in [-0.05, 0) is 30.3 Å². The van der Waals surface area contributed by atoms with E-state index in [0.717, 1.165) is 44.0 Å². The number of nitriles is 1. The molecule has 67 heavy (non-hydrogen) atoms.